The van der Waals surface area contributed by atoms with Gasteiger partial charge in [0.05, 0.1) is 18.9 Å². The molecule has 2 aromatic rings. The van der Waals surface area contributed by atoms with E-state index in [2.05, 4.69) is 26.1 Å². The van der Waals surface area contributed by atoms with Crippen LogP contribution in [0.15, 0.2) is 46.9 Å². The number of hydrogen-bond donors (Lipinski definition) is 1. The Kier molecular flexibility index (Phi) is 5.81. The number of nitrogens with one attached hydrogen (secondary N) is 1. The second-order valence-corrected chi connectivity index (χ2v) is 8.42. The Morgan fingerprint density at radius 1 is 1.10 bits per heavy atom. The van der Waals surface area contributed by atoms with E-state index in [0.717, 1.165) is 22.9 Å². The molecule has 2 fully saturated rings. The number of hydrogen-bond acceptors (Lipinski definition) is 4. The number of amides is 1. The fourth-order valence-corrected chi connectivity index (χ4v) is 3.98. The van der Waals surface area contributed by atoms with Gasteiger partial charge in [0.25, 0.3) is 0 Å². The zero-order valence-corrected chi connectivity index (χ0v) is 17.5. The molecule has 1 aliphatic heterocycles. The van der Waals surface area contributed by atoms with Crippen molar-refractivity contribution in [2.75, 3.05) is 31.6 Å². The molecule has 0 bridgehead atoms. The van der Waals surface area contributed by atoms with E-state index in [9.17, 15) is 14.0 Å². The summed E-state index contributed by atoms with van der Waals surface area (Å²) in [5, 5.41) is 2.72. The van der Waals surface area contributed by atoms with Gasteiger partial charge in [-0.3, -0.25) is 14.5 Å². The van der Waals surface area contributed by atoms with Crippen LogP contribution in [-0.2, 0) is 16.0 Å². The van der Waals surface area contributed by atoms with E-state index in [0.29, 0.717) is 31.9 Å². The van der Waals surface area contributed by atoms with E-state index >= 15 is 0 Å². The second kappa shape index (κ2) is 8.34. The minimum atomic E-state index is -0.576. The summed E-state index contributed by atoms with van der Waals surface area (Å²) in [4.78, 5) is 27.7. The molecule has 1 amide bonds. The van der Waals surface area contributed by atoms with Crippen LogP contribution in [0.1, 0.15) is 28.8 Å². The molecule has 1 heterocycles. The summed E-state index contributed by atoms with van der Waals surface area (Å²) in [5.41, 5.74) is 0.725. The van der Waals surface area contributed by atoms with Gasteiger partial charge in [-0.25, -0.2) is 4.39 Å². The molecule has 0 unspecified atom stereocenters. The fourth-order valence-electron chi connectivity index (χ4n) is 3.72. The fraction of sp³-hybridized carbons (Fsp3) is 0.364. The SMILES string of the molecule is O=C(Cc1ccc(Br)cc1)c1ccc(F)c(NC(=O)C2(N3CCOCC3)CC2)c1. The summed E-state index contributed by atoms with van der Waals surface area (Å²) in [5.74, 6) is -0.885. The lowest BCUT2D eigenvalue weighted by atomic mass is 10.0. The molecule has 0 atom stereocenters. The molecule has 1 saturated heterocycles. The summed E-state index contributed by atoms with van der Waals surface area (Å²) < 4.78 is 20.7. The molecule has 1 N–H and O–H groups in total. The van der Waals surface area contributed by atoms with Crippen molar-refractivity contribution < 1.29 is 18.7 Å². The Balaban J connectivity index is 1.47. The monoisotopic (exact) mass is 460 g/mol. The number of carbonyl (C=O) groups is 2. The van der Waals surface area contributed by atoms with Crippen molar-refractivity contribution in [1.29, 1.82) is 0 Å². The number of rotatable bonds is 6. The van der Waals surface area contributed by atoms with Crippen LogP contribution in [-0.4, -0.2) is 48.4 Å². The van der Waals surface area contributed by atoms with E-state index in [-0.39, 0.29) is 23.8 Å². The summed E-state index contributed by atoms with van der Waals surface area (Å²) >= 11 is 3.37. The Morgan fingerprint density at radius 2 is 1.79 bits per heavy atom. The van der Waals surface area contributed by atoms with Gasteiger partial charge in [0.15, 0.2) is 5.78 Å². The predicted octanol–water partition coefficient (Wildman–Crippen LogP) is 3.82. The normalized spacial score (nSPS) is 18.3. The van der Waals surface area contributed by atoms with Crippen molar-refractivity contribution >= 4 is 33.3 Å². The Morgan fingerprint density at radius 3 is 2.45 bits per heavy atom. The average molecular weight is 461 g/mol. The summed E-state index contributed by atoms with van der Waals surface area (Å²) in [6.45, 7) is 2.59. The van der Waals surface area contributed by atoms with Crippen LogP contribution < -0.4 is 5.32 Å². The molecule has 2 aromatic carbocycles. The van der Waals surface area contributed by atoms with Gasteiger partial charge in [-0.05, 0) is 48.7 Å². The maximum Gasteiger partial charge on any atom is 0.244 e. The number of benzene rings is 2. The van der Waals surface area contributed by atoms with Crippen LogP contribution >= 0.6 is 15.9 Å². The van der Waals surface area contributed by atoms with Gasteiger partial charge in [0, 0.05) is 29.5 Å². The van der Waals surface area contributed by atoms with Crippen molar-refractivity contribution in [2.24, 2.45) is 0 Å². The van der Waals surface area contributed by atoms with Crippen molar-refractivity contribution in [3.05, 3.63) is 63.9 Å². The third kappa shape index (κ3) is 4.42. The topological polar surface area (TPSA) is 58.6 Å². The number of Topliss-reactive ketones (excluding diaryl/α,β-unsaturated/α-hetero) is 1. The first-order valence-corrected chi connectivity index (χ1v) is 10.5. The number of nitrogens with zero attached hydrogens (tertiary/aromatic N) is 1. The van der Waals surface area contributed by atoms with E-state index in [1.54, 1.807) is 0 Å². The highest BCUT2D eigenvalue weighted by Gasteiger charge is 2.54. The first-order chi connectivity index (χ1) is 14.0. The summed E-state index contributed by atoms with van der Waals surface area (Å²) in [6, 6.07) is 11.6. The number of morpholine rings is 1. The van der Waals surface area contributed by atoms with Gasteiger partial charge in [0.1, 0.15) is 11.4 Å². The molecule has 1 saturated carbocycles. The quantitative estimate of drug-likeness (QED) is 0.665. The maximum atomic E-state index is 14.4. The highest BCUT2D eigenvalue weighted by molar-refractivity contribution is 9.10. The molecule has 152 valence electrons. The molecule has 0 aromatic heterocycles. The minimum absolute atomic E-state index is 0.0520. The zero-order valence-electron chi connectivity index (χ0n) is 15.9. The van der Waals surface area contributed by atoms with Gasteiger partial charge >= 0.3 is 0 Å². The predicted molar refractivity (Wildman–Crippen MR) is 112 cm³/mol. The van der Waals surface area contributed by atoms with Crippen LogP contribution in [0.25, 0.3) is 0 Å². The highest BCUT2D eigenvalue weighted by Crippen LogP contribution is 2.43. The second-order valence-electron chi connectivity index (χ2n) is 7.51. The van der Waals surface area contributed by atoms with Gasteiger partial charge in [0.2, 0.25) is 5.91 Å². The largest absolute Gasteiger partial charge is 0.379 e. The lowest BCUT2D eigenvalue weighted by molar-refractivity contribution is -0.124. The van der Waals surface area contributed by atoms with Crippen molar-refractivity contribution in [3.8, 4) is 0 Å². The Labute approximate surface area is 177 Å². The molecule has 7 heteroatoms. The zero-order chi connectivity index (χ0) is 20.4. The van der Waals surface area contributed by atoms with Crippen molar-refractivity contribution in [3.63, 3.8) is 0 Å². The number of halogens is 2. The van der Waals surface area contributed by atoms with Crippen LogP contribution in [0.3, 0.4) is 0 Å². The van der Waals surface area contributed by atoms with Gasteiger partial charge in [-0.1, -0.05) is 28.1 Å². The van der Waals surface area contributed by atoms with E-state index < -0.39 is 11.4 Å². The Hall–Kier alpha value is -2.09. The van der Waals surface area contributed by atoms with E-state index in [4.69, 9.17) is 4.74 Å². The maximum absolute atomic E-state index is 14.4. The lowest BCUT2D eigenvalue weighted by Crippen LogP contribution is -2.51. The third-order valence-corrected chi connectivity index (χ3v) is 6.11. The number of ketones is 1. The van der Waals surface area contributed by atoms with Crippen LogP contribution in [0, 0.1) is 5.82 Å². The molecule has 1 aliphatic carbocycles. The number of anilines is 1. The summed E-state index contributed by atoms with van der Waals surface area (Å²) in [7, 11) is 0. The molecule has 0 radical (unpaired) electrons. The average Bonchev–Trinajstić information content (AvgIpc) is 3.54. The van der Waals surface area contributed by atoms with Crippen LogP contribution in [0.4, 0.5) is 10.1 Å². The van der Waals surface area contributed by atoms with Crippen molar-refractivity contribution in [1.82, 2.24) is 4.90 Å². The minimum Gasteiger partial charge on any atom is -0.379 e. The van der Waals surface area contributed by atoms with Crippen LogP contribution in [0.5, 0.6) is 0 Å². The summed E-state index contributed by atoms with van der Waals surface area (Å²) in [6.07, 6.45) is 1.72. The molecule has 5 nitrogen and oxygen atoms in total. The highest BCUT2D eigenvalue weighted by atomic mass is 79.9. The molecule has 4 rings (SSSR count). The lowest BCUT2D eigenvalue weighted by Gasteiger charge is -2.33. The standard InChI is InChI=1S/C22H22BrFN2O3/c23-17-4-1-15(2-5-17)13-20(27)16-3-6-18(24)19(14-16)25-21(28)22(7-8-22)26-9-11-29-12-10-26/h1-6,14H,7-13H2,(H,25,28). The molecule has 29 heavy (non-hydrogen) atoms. The van der Waals surface area contributed by atoms with Crippen LogP contribution in [0.2, 0.25) is 0 Å². The first kappa shape index (κ1) is 20.2. The number of carbonyl (C=O) groups excluding carboxylic acids is 2. The molecular formula is C22H22BrFN2O3. The van der Waals surface area contributed by atoms with Gasteiger partial charge < -0.3 is 10.1 Å². The van der Waals surface area contributed by atoms with Gasteiger partial charge in [-0.15, -0.1) is 0 Å². The first-order valence-electron chi connectivity index (χ1n) is 9.69. The molecule has 0 spiro atoms. The smallest absolute Gasteiger partial charge is 0.244 e. The van der Waals surface area contributed by atoms with E-state index in [1.807, 2.05) is 24.3 Å². The Bertz CT molecular complexity index is 922. The number of ether oxygens (including phenoxy) is 1. The van der Waals surface area contributed by atoms with Crippen molar-refractivity contribution in [2.45, 2.75) is 24.8 Å². The molecule has 2 aliphatic rings. The van der Waals surface area contributed by atoms with E-state index in [1.165, 1.54) is 18.2 Å². The molecular weight excluding hydrogens is 439 g/mol. The third-order valence-electron chi connectivity index (χ3n) is 5.58. The van der Waals surface area contributed by atoms with Gasteiger partial charge in [-0.2, -0.15) is 0 Å².